The summed E-state index contributed by atoms with van der Waals surface area (Å²) in [6, 6.07) is 0. The van der Waals surface area contributed by atoms with Gasteiger partial charge in [0.1, 0.15) is 19.3 Å². The number of allylic oxidation sites excluding steroid dienone is 4. The number of aliphatic hydroxyl groups excluding tert-OH is 1. The lowest BCUT2D eigenvalue weighted by atomic mass is 10.0. The molecule has 3 N–H and O–H groups in total. The normalized spacial score (nSPS) is 14.2. The van der Waals surface area contributed by atoms with Gasteiger partial charge in [0.05, 0.1) is 26.4 Å². The van der Waals surface area contributed by atoms with E-state index in [-0.39, 0.29) is 25.7 Å². The molecular formula is C72H136O17P2. The summed E-state index contributed by atoms with van der Waals surface area (Å²) in [7, 11) is -9.91. The number of aliphatic hydroxyl groups is 1. The zero-order valence-corrected chi connectivity index (χ0v) is 60.3. The van der Waals surface area contributed by atoms with Gasteiger partial charge in [-0.1, -0.05) is 296 Å². The molecular weight excluding hydrogens is 1200 g/mol. The summed E-state index contributed by atoms with van der Waals surface area (Å²) < 4.78 is 68.2. The van der Waals surface area contributed by atoms with Crippen molar-refractivity contribution in [2.24, 2.45) is 5.92 Å². The van der Waals surface area contributed by atoms with E-state index < -0.39 is 97.5 Å². The smallest absolute Gasteiger partial charge is 0.462 e. The maximum absolute atomic E-state index is 13.0. The lowest BCUT2D eigenvalue weighted by Gasteiger charge is -2.21. The molecule has 0 aromatic rings. The Morgan fingerprint density at radius 2 is 0.593 bits per heavy atom. The predicted molar refractivity (Wildman–Crippen MR) is 368 cm³/mol. The molecule has 0 amide bonds. The van der Waals surface area contributed by atoms with E-state index in [2.05, 4.69) is 58.9 Å². The van der Waals surface area contributed by atoms with E-state index in [4.69, 9.17) is 37.0 Å². The van der Waals surface area contributed by atoms with Gasteiger partial charge in [0.15, 0.2) is 12.2 Å². The first-order chi connectivity index (χ1) is 44.0. The summed E-state index contributed by atoms with van der Waals surface area (Å²) in [6.45, 7) is 7.13. The molecule has 536 valence electrons. The van der Waals surface area contributed by atoms with Crippen molar-refractivity contribution >= 4 is 39.5 Å². The predicted octanol–water partition coefficient (Wildman–Crippen LogP) is 20.5. The van der Waals surface area contributed by atoms with Crippen LogP contribution < -0.4 is 0 Å². The quantitative estimate of drug-likeness (QED) is 0.0169. The number of ether oxygens (including phenoxy) is 4. The Morgan fingerprint density at radius 3 is 0.901 bits per heavy atom. The monoisotopic (exact) mass is 1330 g/mol. The number of carbonyl (C=O) groups excluding carboxylic acids is 4. The molecule has 19 heteroatoms. The molecule has 17 nitrogen and oxygen atoms in total. The zero-order valence-electron chi connectivity index (χ0n) is 58.5. The van der Waals surface area contributed by atoms with Crippen LogP contribution in [0.25, 0.3) is 0 Å². The highest BCUT2D eigenvalue weighted by molar-refractivity contribution is 7.47. The fraction of sp³-hybridized carbons (Fsp3) is 0.889. The van der Waals surface area contributed by atoms with Crippen LogP contribution in [-0.2, 0) is 65.4 Å². The van der Waals surface area contributed by atoms with Crippen molar-refractivity contribution in [1.82, 2.24) is 0 Å². The fourth-order valence-corrected chi connectivity index (χ4v) is 12.0. The van der Waals surface area contributed by atoms with E-state index in [1.54, 1.807) is 0 Å². The highest BCUT2D eigenvalue weighted by Crippen LogP contribution is 2.45. The van der Waals surface area contributed by atoms with Crippen LogP contribution in [0.5, 0.6) is 0 Å². The molecule has 0 aliphatic heterocycles. The molecule has 0 spiro atoms. The van der Waals surface area contributed by atoms with Gasteiger partial charge in [-0.25, -0.2) is 9.13 Å². The first-order valence-corrected chi connectivity index (χ1v) is 39.9. The third-order valence-corrected chi connectivity index (χ3v) is 18.1. The second-order valence-corrected chi connectivity index (χ2v) is 28.7. The second-order valence-electron chi connectivity index (χ2n) is 25.8. The molecule has 2 unspecified atom stereocenters. The van der Waals surface area contributed by atoms with Gasteiger partial charge >= 0.3 is 39.5 Å². The van der Waals surface area contributed by atoms with Gasteiger partial charge in [0.25, 0.3) is 0 Å². The number of unbranched alkanes of at least 4 members (excludes halogenated alkanes) is 39. The minimum absolute atomic E-state index is 0.102. The topological polar surface area (TPSA) is 237 Å². The maximum Gasteiger partial charge on any atom is 0.472 e. The van der Waals surface area contributed by atoms with E-state index >= 15 is 0 Å². The average Bonchev–Trinajstić information content (AvgIpc) is 3.50. The molecule has 0 aliphatic carbocycles. The summed E-state index contributed by atoms with van der Waals surface area (Å²) in [5, 5.41) is 10.6. The number of esters is 4. The summed E-state index contributed by atoms with van der Waals surface area (Å²) in [6.07, 6.45) is 55.1. The maximum atomic E-state index is 13.0. The van der Waals surface area contributed by atoms with Crippen LogP contribution in [0.4, 0.5) is 0 Å². The number of hydrogen-bond acceptors (Lipinski definition) is 15. The van der Waals surface area contributed by atoms with Crippen molar-refractivity contribution in [3.63, 3.8) is 0 Å². The number of hydrogen-bond donors (Lipinski definition) is 3. The van der Waals surface area contributed by atoms with Crippen LogP contribution in [0.15, 0.2) is 24.3 Å². The number of phosphoric acid groups is 2. The van der Waals surface area contributed by atoms with Gasteiger partial charge < -0.3 is 33.8 Å². The van der Waals surface area contributed by atoms with Gasteiger partial charge in [-0.05, 0) is 57.3 Å². The Morgan fingerprint density at radius 1 is 0.341 bits per heavy atom. The first kappa shape index (κ1) is 88.5. The van der Waals surface area contributed by atoms with Crippen molar-refractivity contribution < 1.29 is 80.2 Å². The third kappa shape index (κ3) is 66.0. The van der Waals surface area contributed by atoms with Crippen molar-refractivity contribution in [2.75, 3.05) is 39.6 Å². The van der Waals surface area contributed by atoms with Crippen LogP contribution in [0.1, 0.15) is 349 Å². The molecule has 0 heterocycles. The van der Waals surface area contributed by atoms with Crippen LogP contribution in [-0.4, -0.2) is 96.7 Å². The number of phosphoric ester groups is 2. The molecule has 0 saturated carbocycles. The van der Waals surface area contributed by atoms with Crippen LogP contribution in [0, 0.1) is 5.92 Å². The fourth-order valence-electron chi connectivity index (χ4n) is 10.5. The Labute approximate surface area is 554 Å². The van der Waals surface area contributed by atoms with Crippen LogP contribution >= 0.6 is 15.6 Å². The Kier molecular flexibility index (Phi) is 63.1. The van der Waals surface area contributed by atoms with Gasteiger partial charge in [0.2, 0.25) is 0 Å². The van der Waals surface area contributed by atoms with E-state index in [1.165, 1.54) is 141 Å². The average molecular weight is 1340 g/mol. The molecule has 0 aromatic carbocycles. The summed E-state index contributed by atoms with van der Waals surface area (Å²) in [5.74, 6) is -1.42. The van der Waals surface area contributed by atoms with Crippen molar-refractivity contribution in [3.05, 3.63) is 24.3 Å². The molecule has 0 radical (unpaired) electrons. The molecule has 0 aromatic heterocycles. The third-order valence-electron chi connectivity index (χ3n) is 16.2. The standard InChI is InChI=1S/C72H136O17P2/c1-6-9-12-15-18-20-22-24-26-27-29-31-33-37-42-47-52-57-71(76)89-68(62-83-70(75)56-51-46-41-36-32-30-28-25-23-21-19-16-13-10-7-2)64-87-91(80,81)85-60-66(73)59-84-90(78,79)86-63-67(61-82-69(74)55-50-45-39-17-14-11-8-3)88-72(77)58-53-48-43-38-34-35-40-44-49-54-65(4)5/h21,23,25,28,65-68,73H,6-20,22,24,26-27,29-64H2,1-5H3,(H,78,79)(H,80,81)/b23-21-,28-25-/t66-,67+,68+/m0/s1. The largest absolute Gasteiger partial charge is 0.472 e. The summed E-state index contributed by atoms with van der Waals surface area (Å²) >= 11 is 0. The SMILES string of the molecule is CCCCCC/C=C\C=C/CCCCCCCC(=O)OC[C@H](COP(=O)(O)OC[C@@H](O)COP(=O)(O)OC[C@@H](COC(=O)CCCCCCCCC)OC(=O)CCCCCCCCCCCC(C)C)OC(=O)CCCCCCCCCCCCCCCCCCC. The highest BCUT2D eigenvalue weighted by Gasteiger charge is 2.30. The van der Waals surface area contributed by atoms with E-state index in [0.29, 0.717) is 25.7 Å². The summed E-state index contributed by atoms with van der Waals surface area (Å²) in [4.78, 5) is 72.5. The van der Waals surface area contributed by atoms with E-state index in [9.17, 15) is 43.2 Å². The van der Waals surface area contributed by atoms with Crippen molar-refractivity contribution in [1.29, 1.82) is 0 Å². The Balaban J connectivity index is 5.24. The summed E-state index contributed by atoms with van der Waals surface area (Å²) in [5.41, 5.74) is 0. The lowest BCUT2D eigenvalue weighted by Crippen LogP contribution is -2.30. The second kappa shape index (κ2) is 64.9. The first-order valence-electron chi connectivity index (χ1n) is 37.0. The van der Waals surface area contributed by atoms with Crippen LogP contribution in [0.3, 0.4) is 0 Å². The Hall–Kier alpha value is -2.46. The van der Waals surface area contributed by atoms with E-state index in [1.807, 2.05) is 0 Å². The Bertz CT molecular complexity index is 1850. The molecule has 0 fully saturated rings. The minimum Gasteiger partial charge on any atom is -0.462 e. The minimum atomic E-state index is -4.96. The molecule has 0 rings (SSSR count). The van der Waals surface area contributed by atoms with Gasteiger partial charge in [0, 0.05) is 25.7 Å². The van der Waals surface area contributed by atoms with Gasteiger partial charge in [-0.2, -0.15) is 0 Å². The number of carbonyl (C=O) groups is 4. The molecule has 0 bridgehead atoms. The molecule has 0 saturated heterocycles. The van der Waals surface area contributed by atoms with Gasteiger partial charge in [-0.3, -0.25) is 37.3 Å². The molecule has 5 atom stereocenters. The van der Waals surface area contributed by atoms with Crippen LogP contribution in [0.2, 0.25) is 0 Å². The van der Waals surface area contributed by atoms with Gasteiger partial charge in [-0.15, -0.1) is 0 Å². The van der Waals surface area contributed by atoms with Crippen molar-refractivity contribution in [3.8, 4) is 0 Å². The van der Waals surface area contributed by atoms with E-state index in [0.717, 1.165) is 128 Å². The molecule has 91 heavy (non-hydrogen) atoms. The number of rotatable bonds is 70. The lowest BCUT2D eigenvalue weighted by molar-refractivity contribution is -0.161. The highest BCUT2D eigenvalue weighted by atomic mass is 31.2. The zero-order chi connectivity index (χ0) is 67.0. The van der Waals surface area contributed by atoms with Crippen molar-refractivity contribution in [2.45, 2.75) is 368 Å². The molecule has 0 aliphatic rings.